The van der Waals surface area contributed by atoms with E-state index >= 15 is 0 Å². The van der Waals surface area contributed by atoms with Crippen LogP contribution in [-0.4, -0.2) is 12.8 Å². The van der Waals surface area contributed by atoms with Gasteiger partial charge in [0.15, 0.2) is 11.5 Å². The SMILES string of the molecule is Cc1ccc(NC(=O)Nc2cc3c(cc2N)OCO3)cc1. The van der Waals surface area contributed by atoms with Crippen LogP contribution in [0.1, 0.15) is 5.56 Å². The van der Waals surface area contributed by atoms with E-state index in [2.05, 4.69) is 10.6 Å². The first-order valence-electron chi connectivity index (χ1n) is 6.45. The Labute approximate surface area is 121 Å². The highest BCUT2D eigenvalue weighted by Crippen LogP contribution is 2.38. The third-order valence-corrected chi connectivity index (χ3v) is 3.10. The molecule has 2 aromatic carbocycles. The van der Waals surface area contributed by atoms with Crippen molar-refractivity contribution >= 4 is 23.1 Å². The monoisotopic (exact) mass is 285 g/mol. The Morgan fingerprint density at radius 2 is 1.76 bits per heavy atom. The Hall–Kier alpha value is -2.89. The lowest BCUT2D eigenvalue weighted by atomic mass is 10.2. The topological polar surface area (TPSA) is 85.6 Å². The molecule has 0 aliphatic carbocycles. The van der Waals surface area contributed by atoms with Crippen LogP contribution in [0.25, 0.3) is 0 Å². The number of benzene rings is 2. The largest absolute Gasteiger partial charge is 0.454 e. The van der Waals surface area contributed by atoms with Crippen molar-refractivity contribution in [2.75, 3.05) is 23.2 Å². The summed E-state index contributed by atoms with van der Waals surface area (Å²) in [6.45, 7) is 2.14. The first kappa shape index (κ1) is 13.1. The maximum atomic E-state index is 12.0. The quantitative estimate of drug-likeness (QED) is 0.740. The van der Waals surface area contributed by atoms with Gasteiger partial charge < -0.3 is 25.8 Å². The van der Waals surface area contributed by atoms with Gasteiger partial charge in [0.05, 0.1) is 11.4 Å². The zero-order valence-corrected chi connectivity index (χ0v) is 11.5. The van der Waals surface area contributed by atoms with Crippen molar-refractivity contribution in [2.45, 2.75) is 6.92 Å². The van der Waals surface area contributed by atoms with E-state index in [0.717, 1.165) is 5.56 Å². The predicted octanol–water partition coefficient (Wildman–Crippen LogP) is 2.95. The number of nitrogen functional groups attached to an aromatic ring is 1. The fourth-order valence-electron chi connectivity index (χ4n) is 1.99. The fraction of sp³-hybridized carbons (Fsp3) is 0.133. The Kier molecular flexibility index (Phi) is 3.27. The van der Waals surface area contributed by atoms with Crippen molar-refractivity contribution < 1.29 is 14.3 Å². The number of fused-ring (bicyclic) bond motifs is 1. The van der Waals surface area contributed by atoms with Crippen LogP contribution in [0.3, 0.4) is 0 Å². The highest BCUT2D eigenvalue weighted by atomic mass is 16.7. The van der Waals surface area contributed by atoms with Gasteiger partial charge in [0.1, 0.15) is 0 Å². The minimum Gasteiger partial charge on any atom is -0.454 e. The number of nitrogens with two attached hydrogens (primary N) is 1. The van der Waals surface area contributed by atoms with Crippen LogP contribution in [0.2, 0.25) is 0 Å². The summed E-state index contributed by atoms with van der Waals surface area (Å²) < 4.78 is 10.5. The number of nitrogens with one attached hydrogen (secondary N) is 2. The van der Waals surface area contributed by atoms with Crippen LogP contribution in [0.15, 0.2) is 36.4 Å². The van der Waals surface area contributed by atoms with Gasteiger partial charge in [-0.05, 0) is 19.1 Å². The summed E-state index contributed by atoms with van der Waals surface area (Å²) in [5.41, 5.74) is 8.60. The van der Waals surface area contributed by atoms with Gasteiger partial charge in [0.25, 0.3) is 0 Å². The van der Waals surface area contributed by atoms with E-state index in [9.17, 15) is 4.79 Å². The van der Waals surface area contributed by atoms with E-state index in [1.807, 2.05) is 31.2 Å². The third-order valence-electron chi connectivity index (χ3n) is 3.10. The average Bonchev–Trinajstić information content (AvgIpc) is 2.89. The molecular weight excluding hydrogens is 270 g/mol. The molecule has 6 heteroatoms. The summed E-state index contributed by atoms with van der Waals surface area (Å²) in [5, 5.41) is 5.43. The maximum Gasteiger partial charge on any atom is 0.323 e. The van der Waals surface area contributed by atoms with Gasteiger partial charge in [-0.25, -0.2) is 4.79 Å². The third kappa shape index (κ3) is 2.84. The molecule has 21 heavy (non-hydrogen) atoms. The molecule has 0 spiro atoms. The fourth-order valence-corrected chi connectivity index (χ4v) is 1.99. The van der Waals surface area contributed by atoms with Gasteiger partial charge in [-0.1, -0.05) is 17.7 Å². The number of amides is 2. The highest BCUT2D eigenvalue weighted by molar-refractivity contribution is 6.01. The zero-order chi connectivity index (χ0) is 14.8. The van der Waals surface area contributed by atoms with Crippen molar-refractivity contribution in [1.82, 2.24) is 0 Å². The zero-order valence-electron chi connectivity index (χ0n) is 11.5. The van der Waals surface area contributed by atoms with E-state index in [0.29, 0.717) is 28.6 Å². The second-order valence-corrected chi connectivity index (χ2v) is 4.74. The molecule has 0 atom stereocenters. The normalized spacial score (nSPS) is 12.0. The Morgan fingerprint density at radius 1 is 1.10 bits per heavy atom. The maximum absolute atomic E-state index is 12.0. The molecule has 6 nitrogen and oxygen atoms in total. The van der Waals surface area contributed by atoms with Crippen LogP contribution in [0.5, 0.6) is 11.5 Å². The summed E-state index contributed by atoms with van der Waals surface area (Å²) in [4.78, 5) is 12.0. The molecule has 0 radical (unpaired) electrons. The number of urea groups is 1. The Bertz CT molecular complexity index is 683. The van der Waals surface area contributed by atoms with Crippen molar-refractivity contribution in [2.24, 2.45) is 0 Å². The van der Waals surface area contributed by atoms with Crippen molar-refractivity contribution in [1.29, 1.82) is 0 Å². The lowest BCUT2D eigenvalue weighted by molar-refractivity contribution is 0.174. The molecule has 2 amide bonds. The molecule has 0 bridgehead atoms. The van der Waals surface area contributed by atoms with Gasteiger partial charge in [0.2, 0.25) is 6.79 Å². The number of carbonyl (C=O) groups is 1. The average molecular weight is 285 g/mol. The first-order valence-corrected chi connectivity index (χ1v) is 6.45. The number of hydrogen-bond donors (Lipinski definition) is 3. The summed E-state index contributed by atoms with van der Waals surface area (Å²) in [5.74, 6) is 1.15. The van der Waals surface area contributed by atoms with Crippen LogP contribution >= 0.6 is 0 Å². The van der Waals surface area contributed by atoms with Gasteiger partial charge in [-0.15, -0.1) is 0 Å². The number of aryl methyl sites for hydroxylation is 1. The van der Waals surface area contributed by atoms with Crippen LogP contribution < -0.4 is 25.8 Å². The molecule has 3 rings (SSSR count). The van der Waals surface area contributed by atoms with Gasteiger partial charge in [0, 0.05) is 17.8 Å². The molecule has 1 heterocycles. The number of carbonyl (C=O) groups excluding carboxylic acids is 1. The van der Waals surface area contributed by atoms with Gasteiger partial charge in [-0.2, -0.15) is 0 Å². The molecule has 0 saturated carbocycles. The van der Waals surface area contributed by atoms with Crippen LogP contribution in [-0.2, 0) is 0 Å². The smallest absolute Gasteiger partial charge is 0.323 e. The van der Waals surface area contributed by atoms with E-state index in [4.69, 9.17) is 15.2 Å². The minimum absolute atomic E-state index is 0.161. The van der Waals surface area contributed by atoms with E-state index in [1.54, 1.807) is 12.1 Å². The number of anilines is 3. The van der Waals surface area contributed by atoms with Gasteiger partial charge in [-0.3, -0.25) is 0 Å². The predicted molar refractivity (Wildman–Crippen MR) is 80.8 cm³/mol. The Balaban J connectivity index is 1.71. The summed E-state index contributed by atoms with van der Waals surface area (Å²) in [6.07, 6.45) is 0. The Morgan fingerprint density at radius 3 is 2.48 bits per heavy atom. The molecule has 0 aromatic heterocycles. The van der Waals surface area contributed by atoms with E-state index < -0.39 is 0 Å². The molecule has 4 N–H and O–H groups in total. The van der Waals surface area contributed by atoms with E-state index in [1.165, 1.54) is 0 Å². The minimum atomic E-state index is -0.371. The summed E-state index contributed by atoms with van der Waals surface area (Å²) in [7, 11) is 0. The summed E-state index contributed by atoms with van der Waals surface area (Å²) >= 11 is 0. The highest BCUT2D eigenvalue weighted by Gasteiger charge is 2.17. The molecule has 108 valence electrons. The van der Waals surface area contributed by atoms with Crippen molar-refractivity contribution in [3.05, 3.63) is 42.0 Å². The van der Waals surface area contributed by atoms with Crippen LogP contribution in [0, 0.1) is 6.92 Å². The van der Waals surface area contributed by atoms with E-state index in [-0.39, 0.29) is 12.8 Å². The molecule has 0 saturated heterocycles. The molecule has 0 fully saturated rings. The number of ether oxygens (including phenoxy) is 2. The first-order chi connectivity index (χ1) is 10.1. The van der Waals surface area contributed by atoms with Crippen molar-refractivity contribution in [3.8, 4) is 11.5 Å². The lowest BCUT2D eigenvalue weighted by Gasteiger charge is -2.10. The summed E-state index contributed by atoms with van der Waals surface area (Å²) in [6, 6.07) is 10.4. The number of rotatable bonds is 2. The molecule has 0 unspecified atom stereocenters. The lowest BCUT2D eigenvalue weighted by Crippen LogP contribution is -2.20. The molecular formula is C15H15N3O3. The number of hydrogen-bond acceptors (Lipinski definition) is 4. The van der Waals surface area contributed by atoms with Crippen molar-refractivity contribution in [3.63, 3.8) is 0 Å². The molecule has 1 aliphatic rings. The van der Waals surface area contributed by atoms with Gasteiger partial charge >= 0.3 is 6.03 Å². The second kappa shape index (κ2) is 5.24. The second-order valence-electron chi connectivity index (χ2n) is 4.74. The van der Waals surface area contributed by atoms with Crippen LogP contribution in [0.4, 0.5) is 21.9 Å². The standard InChI is InChI=1S/C15H15N3O3/c1-9-2-4-10(5-3-9)17-15(19)18-12-7-14-13(6-11(12)16)20-8-21-14/h2-7H,8,16H2,1H3,(H2,17,18,19). The molecule has 2 aromatic rings. The molecule has 1 aliphatic heterocycles.